The number of carbonyl (C=O) groups excluding carboxylic acids is 2. The number of hydrogen-bond acceptors (Lipinski definition) is 7. The highest BCUT2D eigenvalue weighted by molar-refractivity contribution is 7.98. The summed E-state index contributed by atoms with van der Waals surface area (Å²) in [5.41, 5.74) is 0.987. The number of thiazole rings is 1. The number of carbonyl (C=O) groups is 2. The maximum atomic E-state index is 12.8. The van der Waals surface area contributed by atoms with Crippen molar-refractivity contribution in [2.75, 3.05) is 12.9 Å². The summed E-state index contributed by atoms with van der Waals surface area (Å²) < 4.78 is 30.5. The molecule has 2 aromatic carbocycles. The van der Waals surface area contributed by atoms with Gasteiger partial charge in [0.15, 0.2) is 4.80 Å². The van der Waals surface area contributed by atoms with Gasteiger partial charge in [0, 0.05) is 4.90 Å². The van der Waals surface area contributed by atoms with E-state index in [9.17, 15) is 18.0 Å². The van der Waals surface area contributed by atoms with Crippen LogP contribution in [0.4, 0.5) is 0 Å². The van der Waals surface area contributed by atoms with Crippen molar-refractivity contribution >= 4 is 55.2 Å². The Morgan fingerprint density at radius 2 is 1.97 bits per heavy atom. The lowest BCUT2D eigenvalue weighted by molar-refractivity contribution is -0.143. The van der Waals surface area contributed by atoms with Gasteiger partial charge in [-0.15, -0.1) is 11.8 Å². The van der Waals surface area contributed by atoms with Crippen molar-refractivity contribution in [2.45, 2.75) is 23.3 Å². The monoisotopic (exact) mass is 465 g/mol. The second kappa shape index (κ2) is 9.13. The number of nitrogens with two attached hydrogens (primary N) is 1. The summed E-state index contributed by atoms with van der Waals surface area (Å²) in [7, 11) is -3.90. The minimum Gasteiger partial charge on any atom is -0.465 e. The Morgan fingerprint density at radius 1 is 1.23 bits per heavy atom. The van der Waals surface area contributed by atoms with E-state index in [1.54, 1.807) is 19.1 Å². The third-order valence-corrected chi connectivity index (χ3v) is 6.86. The molecule has 1 heterocycles. The number of ether oxygens (including phenoxy) is 1. The maximum absolute atomic E-state index is 12.8. The van der Waals surface area contributed by atoms with Crippen LogP contribution >= 0.6 is 23.1 Å². The highest BCUT2D eigenvalue weighted by Crippen LogP contribution is 2.23. The Balaban J connectivity index is 2.19. The smallest absolute Gasteiger partial charge is 0.326 e. The lowest BCUT2D eigenvalue weighted by atomic mass is 10.2. The van der Waals surface area contributed by atoms with E-state index >= 15 is 0 Å². The number of rotatable bonds is 6. The van der Waals surface area contributed by atoms with Crippen molar-refractivity contribution in [3.63, 3.8) is 0 Å². The molecular formula is C19H19N3O5S3. The Kier molecular flexibility index (Phi) is 6.76. The van der Waals surface area contributed by atoms with Crippen LogP contribution in [0.1, 0.15) is 17.3 Å². The van der Waals surface area contributed by atoms with Gasteiger partial charge >= 0.3 is 5.97 Å². The first-order chi connectivity index (χ1) is 14.2. The van der Waals surface area contributed by atoms with Crippen molar-refractivity contribution in [1.82, 2.24) is 4.57 Å². The van der Waals surface area contributed by atoms with Crippen LogP contribution in [0.3, 0.4) is 0 Å². The van der Waals surface area contributed by atoms with Gasteiger partial charge in [-0.3, -0.25) is 9.59 Å². The molecule has 0 bridgehead atoms. The van der Waals surface area contributed by atoms with E-state index in [0.29, 0.717) is 15.8 Å². The summed E-state index contributed by atoms with van der Waals surface area (Å²) in [6.45, 7) is 1.74. The highest BCUT2D eigenvalue weighted by atomic mass is 32.2. The van der Waals surface area contributed by atoms with Crippen molar-refractivity contribution in [1.29, 1.82) is 0 Å². The molecule has 3 rings (SSSR count). The number of primary sulfonamides is 1. The normalized spacial score (nSPS) is 12.3. The minimum atomic E-state index is -3.90. The molecule has 0 atom stereocenters. The zero-order valence-corrected chi connectivity index (χ0v) is 18.6. The lowest BCUT2D eigenvalue weighted by Gasteiger charge is -2.06. The average molecular weight is 466 g/mol. The van der Waals surface area contributed by atoms with Crippen LogP contribution in [0.5, 0.6) is 0 Å². The second-order valence-electron chi connectivity index (χ2n) is 6.07. The topological polar surface area (TPSA) is 121 Å². The van der Waals surface area contributed by atoms with E-state index in [4.69, 9.17) is 9.88 Å². The summed E-state index contributed by atoms with van der Waals surface area (Å²) in [6, 6.07) is 11.4. The maximum Gasteiger partial charge on any atom is 0.326 e. The molecule has 3 aromatic rings. The van der Waals surface area contributed by atoms with Crippen LogP contribution in [-0.2, 0) is 26.1 Å². The largest absolute Gasteiger partial charge is 0.465 e. The van der Waals surface area contributed by atoms with Gasteiger partial charge in [-0.25, -0.2) is 13.6 Å². The van der Waals surface area contributed by atoms with Crippen LogP contribution in [0.25, 0.3) is 10.2 Å². The second-order valence-corrected chi connectivity index (χ2v) is 9.49. The standard InChI is InChI=1S/C19H19N3O5S3/c1-3-27-17(23)11-22-14-9-8-12(30(20,25)26)10-16(14)29-19(22)21-18(24)13-6-4-5-7-15(13)28-2/h4-10H,3,11H2,1-2H3,(H2,20,25,26). The van der Waals surface area contributed by atoms with E-state index in [1.807, 2.05) is 18.4 Å². The van der Waals surface area contributed by atoms with E-state index < -0.39 is 21.9 Å². The fourth-order valence-corrected chi connectivity index (χ4v) is 5.04. The Labute approximate surface area is 181 Å². The number of esters is 1. The van der Waals surface area contributed by atoms with Gasteiger partial charge in [0.05, 0.1) is 27.3 Å². The predicted octanol–water partition coefficient (Wildman–Crippen LogP) is 2.38. The van der Waals surface area contributed by atoms with Gasteiger partial charge in [-0.2, -0.15) is 4.99 Å². The van der Waals surface area contributed by atoms with Crippen molar-refractivity contribution in [2.24, 2.45) is 10.1 Å². The van der Waals surface area contributed by atoms with Gasteiger partial charge in [-0.1, -0.05) is 23.5 Å². The Morgan fingerprint density at radius 3 is 2.63 bits per heavy atom. The summed E-state index contributed by atoms with van der Waals surface area (Å²) >= 11 is 2.52. The molecule has 1 amide bonds. The summed E-state index contributed by atoms with van der Waals surface area (Å²) in [6.07, 6.45) is 1.86. The first kappa shape index (κ1) is 22.2. The lowest BCUT2D eigenvalue weighted by Crippen LogP contribution is -2.23. The molecule has 158 valence electrons. The van der Waals surface area contributed by atoms with Crippen LogP contribution in [0, 0.1) is 0 Å². The fraction of sp³-hybridized carbons (Fsp3) is 0.211. The van der Waals surface area contributed by atoms with E-state index in [2.05, 4.69) is 4.99 Å². The number of hydrogen-bond donors (Lipinski definition) is 1. The molecule has 0 aliphatic heterocycles. The molecule has 30 heavy (non-hydrogen) atoms. The van der Waals surface area contributed by atoms with E-state index in [1.165, 1.54) is 34.5 Å². The van der Waals surface area contributed by atoms with Gasteiger partial charge in [-0.05, 0) is 43.5 Å². The van der Waals surface area contributed by atoms with Crippen molar-refractivity contribution in [3.05, 3.63) is 52.8 Å². The zero-order valence-electron chi connectivity index (χ0n) is 16.2. The summed E-state index contributed by atoms with van der Waals surface area (Å²) in [5.74, 6) is -0.957. The molecular weight excluding hydrogens is 446 g/mol. The molecule has 2 N–H and O–H groups in total. The van der Waals surface area contributed by atoms with Crippen LogP contribution < -0.4 is 9.94 Å². The molecule has 1 aromatic heterocycles. The molecule has 0 saturated carbocycles. The Hall–Kier alpha value is -2.47. The number of thioether (sulfide) groups is 1. The van der Waals surface area contributed by atoms with Gasteiger partial charge in [0.25, 0.3) is 5.91 Å². The van der Waals surface area contributed by atoms with Gasteiger partial charge in [0.2, 0.25) is 10.0 Å². The molecule has 0 aliphatic carbocycles. The molecule has 11 heteroatoms. The van der Waals surface area contributed by atoms with Crippen LogP contribution in [-0.4, -0.2) is 37.7 Å². The average Bonchev–Trinajstić information content (AvgIpc) is 3.03. The molecule has 8 nitrogen and oxygen atoms in total. The SMILES string of the molecule is CCOC(=O)Cn1c(=NC(=O)c2ccccc2SC)sc2cc(S(N)(=O)=O)ccc21. The molecule has 0 saturated heterocycles. The number of fused-ring (bicyclic) bond motifs is 1. The number of aromatic nitrogens is 1. The number of amides is 1. The first-order valence-corrected chi connectivity index (χ1v) is 12.4. The third-order valence-electron chi connectivity index (χ3n) is 4.11. The predicted molar refractivity (Wildman–Crippen MR) is 116 cm³/mol. The fourth-order valence-electron chi connectivity index (χ4n) is 2.77. The van der Waals surface area contributed by atoms with Crippen molar-refractivity contribution in [3.8, 4) is 0 Å². The number of nitrogens with zero attached hydrogens (tertiary/aromatic N) is 2. The van der Waals surface area contributed by atoms with E-state index in [0.717, 1.165) is 16.2 Å². The molecule has 0 unspecified atom stereocenters. The Bertz CT molecular complexity index is 1290. The minimum absolute atomic E-state index is 0.0647. The van der Waals surface area contributed by atoms with Crippen molar-refractivity contribution < 1.29 is 22.7 Å². The highest BCUT2D eigenvalue weighted by Gasteiger charge is 2.16. The van der Waals surface area contributed by atoms with Gasteiger partial charge < -0.3 is 9.30 Å². The van der Waals surface area contributed by atoms with E-state index in [-0.39, 0.29) is 22.8 Å². The molecule has 0 spiro atoms. The first-order valence-electron chi connectivity index (χ1n) is 8.78. The number of benzene rings is 2. The van der Waals surface area contributed by atoms with Gasteiger partial charge in [0.1, 0.15) is 6.54 Å². The van der Waals surface area contributed by atoms with Crippen LogP contribution in [0.15, 0.2) is 57.2 Å². The summed E-state index contributed by atoms with van der Waals surface area (Å²) in [4.78, 5) is 30.1. The zero-order chi connectivity index (χ0) is 21.9. The molecule has 0 aliphatic rings. The summed E-state index contributed by atoms with van der Waals surface area (Å²) in [5, 5.41) is 5.22. The van der Waals surface area contributed by atoms with Crippen LogP contribution in [0.2, 0.25) is 0 Å². The number of sulfonamides is 1. The third kappa shape index (κ3) is 4.81. The molecule has 0 fully saturated rings. The quantitative estimate of drug-likeness (QED) is 0.441. The molecule has 0 radical (unpaired) electrons.